The SMILES string of the molecule is CCOC(CCN1CCCOc2ccccc21)OCC. The van der Waals surface area contributed by atoms with Crippen molar-refractivity contribution in [2.24, 2.45) is 0 Å². The Labute approximate surface area is 121 Å². The van der Waals surface area contributed by atoms with Gasteiger partial charge in [-0.05, 0) is 32.4 Å². The van der Waals surface area contributed by atoms with Crippen molar-refractivity contribution in [2.75, 3.05) is 37.8 Å². The topological polar surface area (TPSA) is 30.9 Å². The summed E-state index contributed by atoms with van der Waals surface area (Å²) in [7, 11) is 0. The van der Waals surface area contributed by atoms with E-state index in [1.165, 1.54) is 5.69 Å². The van der Waals surface area contributed by atoms with Crippen molar-refractivity contribution in [1.29, 1.82) is 0 Å². The molecule has 0 saturated carbocycles. The van der Waals surface area contributed by atoms with E-state index in [2.05, 4.69) is 17.0 Å². The molecule has 1 aliphatic rings. The molecule has 4 heteroatoms. The molecule has 0 unspecified atom stereocenters. The Morgan fingerprint density at radius 2 is 1.95 bits per heavy atom. The van der Waals surface area contributed by atoms with Gasteiger partial charge < -0.3 is 19.1 Å². The first kappa shape index (κ1) is 15.1. The average molecular weight is 279 g/mol. The highest BCUT2D eigenvalue weighted by molar-refractivity contribution is 5.58. The Kier molecular flexibility index (Phi) is 6.15. The maximum Gasteiger partial charge on any atom is 0.159 e. The van der Waals surface area contributed by atoms with Crippen molar-refractivity contribution < 1.29 is 14.2 Å². The Bertz CT molecular complexity index is 391. The summed E-state index contributed by atoms with van der Waals surface area (Å²) >= 11 is 0. The van der Waals surface area contributed by atoms with Crippen molar-refractivity contribution in [3.05, 3.63) is 24.3 Å². The second kappa shape index (κ2) is 8.12. The first-order valence-corrected chi connectivity index (χ1v) is 7.55. The molecule has 1 aromatic carbocycles. The summed E-state index contributed by atoms with van der Waals surface area (Å²) in [5.41, 5.74) is 1.18. The van der Waals surface area contributed by atoms with Gasteiger partial charge in [0, 0.05) is 32.7 Å². The Hall–Kier alpha value is -1.26. The summed E-state index contributed by atoms with van der Waals surface area (Å²) in [6.07, 6.45) is 1.81. The lowest BCUT2D eigenvalue weighted by molar-refractivity contribution is -0.138. The van der Waals surface area contributed by atoms with Crippen LogP contribution in [0.4, 0.5) is 5.69 Å². The van der Waals surface area contributed by atoms with Crippen LogP contribution in [0, 0.1) is 0 Å². The van der Waals surface area contributed by atoms with E-state index in [9.17, 15) is 0 Å². The van der Waals surface area contributed by atoms with E-state index in [0.717, 1.165) is 38.3 Å². The van der Waals surface area contributed by atoms with Crippen molar-refractivity contribution in [2.45, 2.75) is 33.0 Å². The van der Waals surface area contributed by atoms with Crippen molar-refractivity contribution in [3.8, 4) is 5.75 Å². The fourth-order valence-electron chi connectivity index (χ4n) is 2.48. The van der Waals surface area contributed by atoms with Gasteiger partial charge in [-0.15, -0.1) is 0 Å². The molecule has 0 bridgehead atoms. The van der Waals surface area contributed by atoms with Crippen LogP contribution in [-0.4, -0.2) is 39.2 Å². The molecule has 0 fully saturated rings. The molecule has 1 aliphatic heterocycles. The monoisotopic (exact) mass is 279 g/mol. The molecule has 0 aliphatic carbocycles. The Morgan fingerprint density at radius 1 is 1.20 bits per heavy atom. The number of fused-ring (bicyclic) bond motifs is 1. The largest absolute Gasteiger partial charge is 0.491 e. The van der Waals surface area contributed by atoms with Crippen LogP contribution in [0.15, 0.2) is 24.3 Å². The second-order valence-corrected chi connectivity index (χ2v) is 4.79. The predicted octanol–water partition coefficient (Wildman–Crippen LogP) is 3.06. The molecule has 1 heterocycles. The van der Waals surface area contributed by atoms with Gasteiger partial charge in [0.25, 0.3) is 0 Å². The van der Waals surface area contributed by atoms with Gasteiger partial charge in [0.05, 0.1) is 12.3 Å². The second-order valence-electron chi connectivity index (χ2n) is 4.79. The summed E-state index contributed by atoms with van der Waals surface area (Å²) in [6, 6.07) is 8.24. The fourth-order valence-corrected chi connectivity index (χ4v) is 2.48. The average Bonchev–Trinajstić information content (AvgIpc) is 2.67. The van der Waals surface area contributed by atoms with Crippen molar-refractivity contribution >= 4 is 5.69 Å². The van der Waals surface area contributed by atoms with Crippen LogP contribution < -0.4 is 9.64 Å². The van der Waals surface area contributed by atoms with E-state index in [1.54, 1.807) is 0 Å². The molecule has 112 valence electrons. The fraction of sp³-hybridized carbons (Fsp3) is 0.625. The number of ether oxygens (including phenoxy) is 3. The minimum atomic E-state index is -0.110. The van der Waals surface area contributed by atoms with Crippen molar-refractivity contribution in [1.82, 2.24) is 0 Å². The van der Waals surface area contributed by atoms with Crippen LogP contribution in [0.1, 0.15) is 26.7 Å². The van der Waals surface area contributed by atoms with Crippen LogP contribution >= 0.6 is 0 Å². The maximum absolute atomic E-state index is 5.78. The van der Waals surface area contributed by atoms with Gasteiger partial charge in [0.1, 0.15) is 5.75 Å². The number of benzene rings is 1. The lowest BCUT2D eigenvalue weighted by atomic mass is 10.2. The molecular weight excluding hydrogens is 254 g/mol. The van der Waals surface area contributed by atoms with Gasteiger partial charge in [0.2, 0.25) is 0 Å². The standard InChI is InChI=1S/C16H25NO3/c1-3-18-16(19-4-2)10-12-17-11-7-13-20-15-9-6-5-8-14(15)17/h5-6,8-9,16H,3-4,7,10-13H2,1-2H3. The summed E-state index contributed by atoms with van der Waals surface area (Å²) in [4.78, 5) is 2.37. The highest BCUT2D eigenvalue weighted by atomic mass is 16.7. The number of rotatable bonds is 7. The van der Waals surface area contributed by atoms with E-state index < -0.39 is 0 Å². The molecule has 2 rings (SSSR count). The Balaban J connectivity index is 1.97. The van der Waals surface area contributed by atoms with Gasteiger partial charge in [-0.2, -0.15) is 0 Å². The highest BCUT2D eigenvalue weighted by Gasteiger charge is 2.17. The zero-order valence-electron chi connectivity index (χ0n) is 12.5. The van der Waals surface area contributed by atoms with Crippen LogP contribution in [0.5, 0.6) is 5.75 Å². The first-order chi connectivity index (χ1) is 9.85. The molecule has 1 aromatic rings. The van der Waals surface area contributed by atoms with Crippen LogP contribution in [0.2, 0.25) is 0 Å². The molecule has 4 nitrogen and oxygen atoms in total. The number of hydrogen-bond donors (Lipinski definition) is 0. The quantitative estimate of drug-likeness (QED) is 0.718. The molecule has 0 aromatic heterocycles. The predicted molar refractivity (Wildman–Crippen MR) is 80.4 cm³/mol. The smallest absolute Gasteiger partial charge is 0.159 e. The Morgan fingerprint density at radius 3 is 2.70 bits per heavy atom. The summed E-state index contributed by atoms with van der Waals surface area (Å²) in [5, 5.41) is 0. The zero-order valence-corrected chi connectivity index (χ0v) is 12.5. The molecule has 0 radical (unpaired) electrons. The molecule has 0 atom stereocenters. The van der Waals surface area contributed by atoms with Gasteiger partial charge in [-0.1, -0.05) is 12.1 Å². The summed E-state index contributed by atoms with van der Waals surface area (Å²) < 4.78 is 17.0. The third-order valence-electron chi connectivity index (χ3n) is 3.38. The first-order valence-electron chi connectivity index (χ1n) is 7.55. The molecular formula is C16H25NO3. The molecule has 0 amide bonds. The lowest BCUT2D eigenvalue weighted by Gasteiger charge is -2.26. The van der Waals surface area contributed by atoms with Crippen LogP contribution in [0.25, 0.3) is 0 Å². The van der Waals surface area contributed by atoms with Gasteiger partial charge in [0.15, 0.2) is 6.29 Å². The highest BCUT2D eigenvalue weighted by Crippen LogP contribution is 2.30. The summed E-state index contributed by atoms with van der Waals surface area (Å²) in [5.74, 6) is 0.981. The van der Waals surface area contributed by atoms with Crippen LogP contribution in [-0.2, 0) is 9.47 Å². The minimum absolute atomic E-state index is 0.110. The van der Waals surface area contributed by atoms with E-state index in [1.807, 2.05) is 26.0 Å². The van der Waals surface area contributed by atoms with E-state index in [4.69, 9.17) is 14.2 Å². The third-order valence-corrected chi connectivity index (χ3v) is 3.38. The van der Waals surface area contributed by atoms with Crippen molar-refractivity contribution in [3.63, 3.8) is 0 Å². The molecule has 0 saturated heterocycles. The number of hydrogen-bond acceptors (Lipinski definition) is 4. The molecule has 20 heavy (non-hydrogen) atoms. The van der Waals surface area contributed by atoms with Gasteiger partial charge >= 0.3 is 0 Å². The lowest BCUT2D eigenvalue weighted by Crippen LogP contribution is -2.30. The minimum Gasteiger partial charge on any atom is -0.491 e. The zero-order chi connectivity index (χ0) is 14.2. The normalized spacial score (nSPS) is 14.8. The van der Waals surface area contributed by atoms with E-state index in [0.29, 0.717) is 13.2 Å². The van der Waals surface area contributed by atoms with Crippen LogP contribution in [0.3, 0.4) is 0 Å². The molecule has 0 N–H and O–H groups in total. The van der Waals surface area contributed by atoms with E-state index in [-0.39, 0.29) is 6.29 Å². The number of nitrogens with zero attached hydrogens (tertiary/aromatic N) is 1. The molecule has 0 spiro atoms. The maximum atomic E-state index is 5.78. The summed E-state index contributed by atoms with van der Waals surface area (Å²) in [6.45, 7) is 8.10. The number of para-hydroxylation sites is 2. The number of anilines is 1. The van der Waals surface area contributed by atoms with Gasteiger partial charge in [-0.3, -0.25) is 0 Å². The van der Waals surface area contributed by atoms with E-state index >= 15 is 0 Å². The third kappa shape index (κ3) is 4.12. The van der Waals surface area contributed by atoms with Gasteiger partial charge in [-0.25, -0.2) is 0 Å².